The van der Waals surface area contributed by atoms with Crippen molar-refractivity contribution in [2.75, 3.05) is 19.8 Å². The zero-order valence-corrected chi connectivity index (χ0v) is 16.8. The van der Waals surface area contributed by atoms with Crippen molar-refractivity contribution in [2.45, 2.75) is 42.8 Å². The molecule has 0 aromatic heterocycles. The van der Waals surface area contributed by atoms with Gasteiger partial charge in [0.25, 0.3) is 0 Å². The fourth-order valence-electron chi connectivity index (χ4n) is 2.66. The highest BCUT2D eigenvalue weighted by Gasteiger charge is 2.24. The lowest BCUT2D eigenvalue weighted by molar-refractivity contribution is -0.136. The predicted molar refractivity (Wildman–Crippen MR) is 105 cm³/mol. The van der Waals surface area contributed by atoms with E-state index in [0.29, 0.717) is 18.1 Å². The van der Waals surface area contributed by atoms with Crippen molar-refractivity contribution in [3.05, 3.63) is 40.0 Å². The minimum absolute atomic E-state index is 0.319. The number of carbonyl (C=O) groups excluding carboxylic acids is 1. The summed E-state index contributed by atoms with van der Waals surface area (Å²) < 4.78 is 11.7. The van der Waals surface area contributed by atoms with E-state index in [9.17, 15) is 4.79 Å². The van der Waals surface area contributed by atoms with Crippen molar-refractivity contribution < 1.29 is 14.3 Å². The van der Waals surface area contributed by atoms with Crippen LogP contribution in [0.2, 0.25) is 0 Å². The molecule has 0 unspecified atom stereocenters. The lowest BCUT2D eigenvalue weighted by Crippen LogP contribution is -2.13. The van der Waals surface area contributed by atoms with Gasteiger partial charge in [0.2, 0.25) is 0 Å². The van der Waals surface area contributed by atoms with E-state index in [0.717, 1.165) is 41.3 Å². The third-order valence-corrected chi connectivity index (χ3v) is 6.58. The molecule has 1 heterocycles. The highest BCUT2D eigenvalue weighted by atomic mass is 79.9. The number of halogens is 1. The average molecular weight is 423 g/mol. The number of benzene rings is 1. The largest absolute Gasteiger partial charge is 0.462 e. The second-order valence-corrected chi connectivity index (χ2v) is 8.52. The third kappa shape index (κ3) is 5.49. The van der Waals surface area contributed by atoms with Crippen molar-refractivity contribution in [3.8, 4) is 0 Å². The van der Waals surface area contributed by atoms with Gasteiger partial charge in [-0.15, -0.1) is 17.5 Å². The summed E-state index contributed by atoms with van der Waals surface area (Å²) in [5.74, 6) is 0.0895. The number of ether oxygens (including phenoxy) is 2. The van der Waals surface area contributed by atoms with Crippen LogP contribution < -0.4 is 0 Å². The van der Waals surface area contributed by atoms with Crippen LogP contribution in [-0.2, 0) is 14.3 Å². The summed E-state index contributed by atoms with van der Waals surface area (Å²) in [5, 5.41) is 0.746. The molecule has 3 rings (SSSR count). The van der Waals surface area contributed by atoms with Crippen molar-refractivity contribution >= 4 is 39.2 Å². The highest BCUT2D eigenvalue weighted by molar-refractivity contribution is 9.10. The van der Waals surface area contributed by atoms with Crippen LogP contribution >= 0.6 is 27.7 Å². The van der Waals surface area contributed by atoms with E-state index in [1.165, 1.54) is 17.7 Å². The molecule has 1 aliphatic heterocycles. The van der Waals surface area contributed by atoms with E-state index in [2.05, 4.69) is 27.7 Å². The van der Waals surface area contributed by atoms with Crippen LogP contribution in [-0.4, -0.2) is 31.0 Å². The zero-order chi connectivity index (χ0) is 17.6. The summed E-state index contributed by atoms with van der Waals surface area (Å²) in [6.45, 7) is 3.73. The van der Waals surface area contributed by atoms with E-state index in [1.807, 2.05) is 36.9 Å². The summed E-state index contributed by atoms with van der Waals surface area (Å²) in [7, 11) is 0. The van der Waals surface area contributed by atoms with Crippen molar-refractivity contribution in [3.63, 3.8) is 0 Å². The smallest absolute Gasteiger partial charge is 0.346 e. The number of thioether (sulfide) groups is 1. The Morgan fingerprint density at radius 2 is 2.12 bits per heavy atom. The van der Waals surface area contributed by atoms with E-state index in [4.69, 9.17) is 9.47 Å². The first-order valence-electron chi connectivity index (χ1n) is 8.85. The molecule has 2 fully saturated rings. The monoisotopic (exact) mass is 422 g/mol. The molecule has 134 valence electrons. The van der Waals surface area contributed by atoms with Gasteiger partial charge in [0.05, 0.1) is 6.61 Å². The fourth-order valence-corrected chi connectivity index (χ4v) is 4.37. The van der Waals surface area contributed by atoms with Crippen molar-refractivity contribution in [1.82, 2.24) is 0 Å². The molecule has 1 aliphatic carbocycles. The van der Waals surface area contributed by atoms with Gasteiger partial charge >= 0.3 is 5.97 Å². The second-order valence-electron chi connectivity index (χ2n) is 6.32. The maximum absolute atomic E-state index is 12.4. The van der Waals surface area contributed by atoms with Gasteiger partial charge in [-0.05, 0) is 78.2 Å². The minimum Gasteiger partial charge on any atom is -0.462 e. The lowest BCUT2D eigenvalue weighted by Gasteiger charge is -2.17. The van der Waals surface area contributed by atoms with Gasteiger partial charge in [-0.3, -0.25) is 0 Å². The Kier molecular flexibility index (Phi) is 6.83. The van der Waals surface area contributed by atoms with E-state index in [-0.39, 0.29) is 5.97 Å². The zero-order valence-electron chi connectivity index (χ0n) is 14.4. The molecule has 1 aromatic carbocycles. The van der Waals surface area contributed by atoms with Crippen LogP contribution in [0.25, 0.3) is 5.57 Å². The molecule has 0 atom stereocenters. The van der Waals surface area contributed by atoms with Crippen molar-refractivity contribution in [2.24, 2.45) is 5.92 Å². The Bertz CT molecular complexity index is 684. The van der Waals surface area contributed by atoms with Crippen molar-refractivity contribution in [1.29, 1.82) is 0 Å². The van der Waals surface area contributed by atoms with Gasteiger partial charge in [0, 0.05) is 27.8 Å². The van der Waals surface area contributed by atoms with Crippen LogP contribution in [0.1, 0.15) is 38.2 Å². The summed E-state index contributed by atoms with van der Waals surface area (Å²) in [5.41, 5.74) is 4.56. The topological polar surface area (TPSA) is 35.5 Å². The predicted octanol–water partition coefficient (Wildman–Crippen LogP) is 5.23. The highest BCUT2D eigenvalue weighted by Crippen LogP contribution is 2.42. The number of rotatable bonds is 6. The molecule has 3 nitrogen and oxygen atoms in total. The molecule has 25 heavy (non-hydrogen) atoms. The van der Waals surface area contributed by atoms with E-state index < -0.39 is 0 Å². The Morgan fingerprint density at radius 1 is 1.36 bits per heavy atom. The minimum atomic E-state index is -0.319. The summed E-state index contributed by atoms with van der Waals surface area (Å²) in [4.78, 5) is 13.6. The first-order valence-corrected chi connectivity index (χ1v) is 10.5. The molecule has 0 N–H and O–H groups in total. The Morgan fingerprint density at radius 3 is 2.76 bits per heavy atom. The number of carbonyl (C=O) groups is 1. The second kappa shape index (κ2) is 9.09. The fraction of sp³-hybridized carbons (Fsp3) is 0.500. The van der Waals surface area contributed by atoms with Crippen LogP contribution in [0.5, 0.6) is 0 Å². The van der Waals surface area contributed by atoms with Gasteiger partial charge in [-0.25, -0.2) is 4.79 Å². The van der Waals surface area contributed by atoms with Crippen LogP contribution in [0.4, 0.5) is 0 Å². The molecule has 5 heteroatoms. The molecule has 1 saturated carbocycles. The van der Waals surface area contributed by atoms with Gasteiger partial charge in [-0.2, -0.15) is 0 Å². The normalized spacial score (nSPS) is 17.7. The first kappa shape index (κ1) is 18.8. The molecular formula is C20H23BrO3S. The number of hydrogen-bond donors (Lipinski definition) is 0. The van der Waals surface area contributed by atoms with Gasteiger partial charge in [0.1, 0.15) is 5.57 Å². The molecule has 0 bridgehead atoms. The quantitative estimate of drug-likeness (QED) is 0.357. The van der Waals surface area contributed by atoms with Crippen LogP contribution in [0, 0.1) is 5.92 Å². The lowest BCUT2D eigenvalue weighted by atomic mass is 9.99. The average Bonchev–Trinajstić information content (AvgIpc) is 3.43. The standard InChI is InChI=1S/C20H23BrO3S/c1-2-24-20(22)17(7-3-14-9-11-23-12-10-14)15-4-8-19(18(21)13-15)25-16-5-6-16/h3-4,8,13-14,16H,2,5-6,9-12H2,1H3. The van der Waals surface area contributed by atoms with Gasteiger partial charge in [0.15, 0.2) is 0 Å². The van der Waals surface area contributed by atoms with E-state index in [1.54, 1.807) is 0 Å². The summed E-state index contributed by atoms with van der Waals surface area (Å²) in [6, 6.07) is 6.08. The van der Waals surface area contributed by atoms with Crippen LogP contribution in [0.3, 0.4) is 0 Å². The summed E-state index contributed by atoms with van der Waals surface area (Å²) in [6.07, 6.45) is 6.55. The third-order valence-electron chi connectivity index (χ3n) is 4.25. The van der Waals surface area contributed by atoms with Gasteiger partial charge < -0.3 is 9.47 Å². The summed E-state index contributed by atoms with van der Waals surface area (Å²) >= 11 is 5.54. The van der Waals surface area contributed by atoms with E-state index >= 15 is 0 Å². The Hall–Kier alpha value is -1.000. The molecule has 1 aromatic rings. The molecule has 0 amide bonds. The van der Waals surface area contributed by atoms with Gasteiger partial charge in [-0.1, -0.05) is 6.07 Å². The maximum Gasteiger partial charge on any atom is 0.346 e. The molecular weight excluding hydrogens is 400 g/mol. The maximum atomic E-state index is 12.4. The Balaban J connectivity index is 1.86. The SMILES string of the molecule is CCOC(=O)C(=C=CC1CCOCC1)c1ccc(SC2CC2)c(Br)c1. The first-order chi connectivity index (χ1) is 12.2. The molecule has 0 spiro atoms. The Labute approximate surface area is 162 Å². The van der Waals surface area contributed by atoms with Crippen LogP contribution in [0.15, 0.2) is 39.4 Å². The molecule has 1 saturated heterocycles. The molecule has 2 aliphatic rings. The molecule has 0 radical (unpaired) electrons. The number of esters is 1. The number of hydrogen-bond acceptors (Lipinski definition) is 4.